The summed E-state index contributed by atoms with van der Waals surface area (Å²) in [7, 11) is 0. The van der Waals surface area contributed by atoms with Crippen LogP contribution in [0.5, 0.6) is 0 Å². The van der Waals surface area contributed by atoms with E-state index in [0.717, 1.165) is 16.9 Å². The fourth-order valence-corrected chi connectivity index (χ4v) is 1.84. The van der Waals surface area contributed by atoms with Gasteiger partial charge in [0.2, 0.25) is 0 Å². The SMILES string of the molecule is Nc1cc(-c2ccccc2)nn1-c1ccncc1. The van der Waals surface area contributed by atoms with Crippen LogP contribution in [0.2, 0.25) is 0 Å². The van der Waals surface area contributed by atoms with Crippen molar-refractivity contribution in [1.29, 1.82) is 0 Å². The summed E-state index contributed by atoms with van der Waals surface area (Å²) in [5, 5.41) is 4.51. The molecular formula is C14H12N4. The van der Waals surface area contributed by atoms with Gasteiger partial charge in [0, 0.05) is 24.0 Å². The van der Waals surface area contributed by atoms with Gasteiger partial charge in [0.1, 0.15) is 5.82 Å². The maximum atomic E-state index is 5.99. The molecule has 0 bridgehead atoms. The number of nitrogens with zero attached hydrogens (tertiary/aromatic N) is 3. The lowest BCUT2D eigenvalue weighted by Gasteiger charge is -2.02. The summed E-state index contributed by atoms with van der Waals surface area (Å²) in [6.07, 6.45) is 3.44. The van der Waals surface area contributed by atoms with Gasteiger partial charge in [0.05, 0.1) is 11.4 Å². The van der Waals surface area contributed by atoms with Crippen molar-refractivity contribution in [3.8, 4) is 16.9 Å². The number of anilines is 1. The number of aromatic nitrogens is 3. The lowest BCUT2D eigenvalue weighted by atomic mass is 10.2. The van der Waals surface area contributed by atoms with Crippen LogP contribution in [0, 0.1) is 0 Å². The number of hydrogen-bond acceptors (Lipinski definition) is 3. The second-order valence-electron chi connectivity index (χ2n) is 3.94. The number of rotatable bonds is 2. The molecule has 0 unspecified atom stereocenters. The second-order valence-corrected chi connectivity index (χ2v) is 3.94. The van der Waals surface area contributed by atoms with E-state index in [9.17, 15) is 0 Å². The molecule has 0 aliphatic rings. The van der Waals surface area contributed by atoms with Crippen molar-refractivity contribution in [3.63, 3.8) is 0 Å². The van der Waals surface area contributed by atoms with Crippen LogP contribution in [-0.2, 0) is 0 Å². The molecule has 0 spiro atoms. The highest BCUT2D eigenvalue weighted by atomic mass is 15.3. The molecule has 0 saturated heterocycles. The van der Waals surface area contributed by atoms with Gasteiger partial charge in [-0.1, -0.05) is 30.3 Å². The molecule has 18 heavy (non-hydrogen) atoms. The van der Waals surface area contributed by atoms with Gasteiger partial charge in [-0.2, -0.15) is 5.10 Å². The van der Waals surface area contributed by atoms with Gasteiger partial charge in [-0.3, -0.25) is 4.98 Å². The Labute approximate surface area is 105 Å². The van der Waals surface area contributed by atoms with Crippen molar-refractivity contribution in [2.75, 3.05) is 5.73 Å². The number of nitrogen functional groups attached to an aromatic ring is 1. The lowest BCUT2D eigenvalue weighted by Crippen LogP contribution is -2.01. The van der Waals surface area contributed by atoms with E-state index in [1.807, 2.05) is 48.5 Å². The van der Waals surface area contributed by atoms with Crippen LogP contribution in [0.15, 0.2) is 60.9 Å². The van der Waals surface area contributed by atoms with Crippen LogP contribution in [0.25, 0.3) is 16.9 Å². The molecule has 3 rings (SSSR count). The Kier molecular flexibility index (Phi) is 2.53. The topological polar surface area (TPSA) is 56.7 Å². The zero-order chi connectivity index (χ0) is 12.4. The van der Waals surface area contributed by atoms with E-state index in [4.69, 9.17) is 5.73 Å². The largest absolute Gasteiger partial charge is 0.384 e. The summed E-state index contributed by atoms with van der Waals surface area (Å²) in [5.41, 5.74) is 8.82. The molecule has 0 amide bonds. The Morgan fingerprint density at radius 2 is 1.67 bits per heavy atom. The molecule has 0 aliphatic carbocycles. The lowest BCUT2D eigenvalue weighted by molar-refractivity contribution is 0.892. The predicted octanol–water partition coefficient (Wildman–Crippen LogP) is 2.52. The highest BCUT2D eigenvalue weighted by molar-refractivity contribution is 5.63. The minimum absolute atomic E-state index is 0.611. The summed E-state index contributed by atoms with van der Waals surface area (Å²) in [5.74, 6) is 0.611. The number of nitrogens with two attached hydrogens (primary N) is 1. The number of hydrogen-bond donors (Lipinski definition) is 1. The zero-order valence-electron chi connectivity index (χ0n) is 9.69. The summed E-state index contributed by atoms with van der Waals surface area (Å²) < 4.78 is 1.71. The van der Waals surface area contributed by atoms with Gasteiger partial charge < -0.3 is 5.73 Å². The molecular weight excluding hydrogens is 224 g/mol. The summed E-state index contributed by atoms with van der Waals surface area (Å²) in [4.78, 5) is 3.98. The summed E-state index contributed by atoms with van der Waals surface area (Å²) in [6.45, 7) is 0. The van der Waals surface area contributed by atoms with Crippen LogP contribution in [0.1, 0.15) is 0 Å². The molecule has 0 aliphatic heterocycles. The van der Waals surface area contributed by atoms with E-state index >= 15 is 0 Å². The average Bonchev–Trinajstić information content (AvgIpc) is 2.83. The first-order chi connectivity index (χ1) is 8.84. The van der Waals surface area contributed by atoms with Crippen LogP contribution in [0.4, 0.5) is 5.82 Å². The second kappa shape index (κ2) is 4.33. The van der Waals surface area contributed by atoms with Crippen molar-refractivity contribution < 1.29 is 0 Å². The smallest absolute Gasteiger partial charge is 0.127 e. The molecule has 0 radical (unpaired) electrons. The molecule has 2 heterocycles. The minimum atomic E-state index is 0.611. The highest BCUT2D eigenvalue weighted by Gasteiger charge is 2.07. The van der Waals surface area contributed by atoms with Crippen molar-refractivity contribution in [3.05, 3.63) is 60.9 Å². The Bertz CT molecular complexity index is 644. The molecule has 4 nitrogen and oxygen atoms in total. The molecule has 2 aromatic heterocycles. The van der Waals surface area contributed by atoms with Crippen molar-refractivity contribution in [2.45, 2.75) is 0 Å². The molecule has 0 fully saturated rings. The standard InChI is InChI=1S/C14H12N4/c15-14-10-13(11-4-2-1-3-5-11)17-18(14)12-6-8-16-9-7-12/h1-10H,15H2. The average molecular weight is 236 g/mol. The third-order valence-electron chi connectivity index (χ3n) is 2.71. The fraction of sp³-hybridized carbons (Fsp3) is 0. The van der Waals surface area contributed by atoms with Crippen LogP contribution in [-0.4, -0.2) is 14.8 Å². The maximum Gasteiger partial charge on any atom is 0.127 e. The zero-order valence-corrected chi connectivity index (χ0v) is 9.69. The van der Waals surface area contributed by atoms with E-state index in [-0.39, 0.29) is 0 Å². The molecule has 88 valence electrons. The van der Waals surface area contributed by atoms with Gasteiger partial charge in [-0.25, -0.2) is 4.68 Å². The van der Waals surface area contributed by atoms with Crippen molar-refractivity contribution in [2.24, 2.45) is 0 Å². The first-order valence-electron chi connectivity index (χ1n) is 5.66. The molecule has 1 aromatic carbocycles. The molecule has 2 N–H and O–H groups in total. The number of pyridine rings is 1. The van der Waals surface area contributed by atoms with Crippen LogP contribution < -0.4 is 5.73 Å². The first-order valence-corrected chi connectivity index (χ1v) is 5.66. The highest BCUT2D eigenvalue weighted by Crippen LogP contribution is 2.22. The van der Waals surface area contributed by atoms with Gasteiger partial charge in [0.15, 0.2) is 0 Å². The Balaban J connectivity index is 2.07. The van der Waals surface area contributed by atoms with Crippen molar-refractivity contribution in [1.82, 2.24) is 14.8 Å². The van der Waals surface area contributed by atoms with E-state index in [2.05, 4.69) is 10.1 Å². The maximum absolute atomic E-state index is 5.99. The van der Waals surface area contributed by atoms with Gasteiger partial charge in [-0.15, -0.1) is 0 Å². The molecule has 4 heteroatoms. The van der Waals surface area contributed by atoms with E-state index < -0.39 is 0 Å². The molecule has 0 atom stereocenters. The summed E-state index contributed by atoms with van der Waals surface area (Å²) in [6, 6.07) is 15.6. The number of benzene rings is 1. The summed E-state index contributed by atoms with van der Waals surface area (Å²) >= 11 is 0. The minimum Gasteiger partial charge on any atom is -0.384 e. The Morgan fingerprint density at radius 1 is 0.944 bits per heavy atom. The third kappa shape index (κ3) is 1.84. The van der Waals surface area contributed by atoms with Crippen LogP contribution >= 0.6 is 0 Å². The van der Waals surface area contributed by atoms with Gasteiger partial charge >= 0.3 is 0 Å². The predicted molar refractivity (Wildman–Crippen MR) is 71.2 cm³/mol. The Morgan fingerprint density at radius 3 is 2.39 bits per heavy atom. The molecule has 0 saturated carbocycles. The van der Waals surface area contributed by atoms with E-state index in [1.54, 1.807) is 17.1 Å². The van der Waals surface area contributed by atoms with Crippen molar-refractivity contribution >= 4 is 5.82 Å². The molecule has 3 aromatic rings. The third-order valence-corrected chi connectivity index (χ3v) is 2.71. The van der Waals surface area contributed by atoms with E-state index in [0.29, 0.717) is 5.82 Å². The van der Waals surface area contributed by atoms with Crippen LogP contribution in [0.3, 0.4) is 0 Å². The van der Waals surface area contributed by atoms with Gasteiger partial charge in [0.25, 0.3) is 0 Å². The quantitative estimate of drug-likeness (QED) is 0.743. The Hall–Kier alpha value is -2.62. The fourth-order valence-electron chi connectivity index (χ4n) is 1.84. The van der Waals surface area contributed by atoms with E-state index in [1.165, 1.54) is 0 Å². The monoisotopic (exact) mass is 236 g/mol. The first kappa shape index (κ1) is 10.5. The normalized spacial score (nSPS) is 10.4. The van der Waals surface area contributed by atoms with Gasteiger partial charge in [-0.05, 0) is 12.1 Å².